The Morgan fingerprint density at radius 2 is 2.17 bits per heavy atom. The maximum absolute atomic E-state index is 10.9. The van der Waals surface area contributed by atoms with E-state index in [0.717, 1.165) is 0 Å². The summed E-state index contributed by atoms with van der Waals surface area (Å²) in [6, 6.07) is 0. The minimum absolute atomic E-state index is 0.0751. The summed E-state index contributed by atoms with van der Waals surface area (Å²) in [6.45, 7) is 0. The number of carboxylic acid groups (broad SMARTS) is 1. The minimum Gasteiger partial charge on any atom is -0.481 e. The summed E-state index contributed by atoms with van der Waals surface area (Å²) in [5.74, 6) is -0.359. The predicted octanol–water partition coefficient (Wildman–Crippen LogP) is 0.286. The normalized spacial score (nSPS) is 27.2. The molecule has 1 fully saturated rings. The second kappa shape index (κ2) is 3.43. The third kappa shape index (κ3) is 2.81. The summed E-state index contributed by atoms with van der Waals surface area (Å²) in [6.07, 6.45) is 1.21. The van der Waals surface area contributed by atoms with Crippen molar-refractivity contribution in [1.82, 2.24) is 0 Å². The van der Waals surface area contributed by atoms with Gasteiger partial charge in [-0.05, 0) is 18.8 Å². The van der Waals surface area contributed by atoms with Crippen LogP contribution in [-0.2, 0) is 14.6 Å². The second-order valence-corrected chi connectivity index (χ2v) is 5.43. The molecule has 0 aliphatic carbocycles. The maximum atomic E-state index is 10.9. The number of carbonyl (C=O) groups is 1. The summed E-state index contributed by atoms with van der Waals surface area (Å²) >= 11 is 0. The fourth-order valence-corrected chi connectivity index (χ4v) is 3.34. The second-order valence-electron chi connectivity index (χ2n) is 3.20. The largest absolute Gasteiger partial charge is 0.481 e. The lowest BCUT2D eigenvalue weighted by atomic mass is 10.0. The Morgan fingerprint density at radius 3 is 2.58 bits per heavy atom. The summed E-state index contributed by atoms with van der Waals surface area (Å²) in [5, 5.41) is 8.35. The van der Waals surface area contributed by atoms with Gasteiger partial charge in [0.1, 0.15) is 0 Å². The molecule has 0 aromatic rings. The van der Waals surface area contributed by atoms with Crippen LogP contribution in [0.1, 0.15) is 19.3 Å². The van der Waals surface area contributed by atoms with E-state index in [-0.39, 0.29) is 23.8 Å². The number of hydrogen-bond donors (Lipinski definition) is 1. The lowest BCUT2D eigenvalue weighted by molar-refractivity contribution is -0.137. The third-order valence-electron chi connectivity index (χ3n) is 2.09. The van der Waals surface area contributed by atoms with E-state index in [1.165, 1.54) is 0 Å². The summed E-state index contributed by atoms with van der Waals surface area (Å²) in [7, 11) is -2.84. The van der Waals surface area contributed by atoms with Gasteiger partial charge < -0.3 is 5.11 Å². The Kier molecular flexibility index (Phi) is 2.72. The molecule has 4 nitrogen and oxygen atoms in total. The van der Waals surface area contributed by atoms with E-state index in [2.05, 4.69) is 0 Å². The van der Waals surface area contributed by atoms with E-state index in [9.17, 15) is 13.2 Å². The highest BCUT2D eigenvalue weighted by Gasteiger charge is 2.27. The van der Waals surface area contributed by atoms with Gasteiger partial charge in [-0.25, -0.2) is 8.42 Å². The van der Waals surface area contributed by atoms with Crippen LogP contribution in [0.15, 0.2) is 0 Å². The van der Waals surface area contributed by atoms with Crippen molar-refractivity contribution in [2.24, 2.45) is 5.92 Å². The summed E-state index contributed by atoms with van der Waals surface area (Å²) in [4.78, 5) is 10.2. The molecule has 0 radical (unpaired) electrons. The first-order valence-corrected chi connectivity index (χ1v) is 5.74. The van der Waals surface area contributed by atoms with Gasteiger partial charge in [0.15, 0.2) is 9.84 Å². The van der Waals surface area contributed by atoms with E-state index >= 15 is 0 Å². The minimum atomic E-state index is -2.84. The molecule has 0 spiro atoms. The molecule has 0 saturated carbocycles. The average molecular weight is 192 g/mol. The Balaban J connectivity index is 2.34. The van der Waals surface area contributed by atoms with E-state index in [1.807, 2.05) is 0 Å². The quantitative estimate of drug-likeness (QED) is 0.697. The molecular formula is C7H12O4S. The van der Waals surface area contributed by atoms with Gasteiger partial charge in [-0.15, -0.1) is 0 Å². The van der Waals surface area contributed by atoms with Crippen LogP contribution in [0, 0.1) is 5.92 Å². The van der Waals surface area contributed by atoms with Crippen LogP contribution in [0.2, 0.25) is 0 Å². The number of hydrogen-bond acceptors (Lipinski definition) is 3. The van der Waals surface area contributed by atoms with Crippen LogP contribution < -0.4 is 0 Å². The van der Waals surface area contributed by atoms with Crippen LogP contribution >= 0.6 is 0 Å². The van der Waals surface area contributed by atoms with E-state index in [1.54, 1.807) is 0 Å². The van der Waals surface area contributed by atoms with Gasteiger partial charge in [0.2, 0.25) is 0 Å². The zero-order valence-corrected chi connectivity index (χ0v) is 7.51. The van der Waals surface area contributed by atoms with Crippen LogP contribution in [-0.4, -0.2) is 31.0 Å². The van der Waals surface area contributed by atoms with Gasteiger partial charge in [-0.3, -0.25) is 4.79 Å². The zero-order chi connectivity index (χ0) is 9.19. The fraction of sp³-hybridized carbons (Fsp3) is 0.857. The molecule has 0 aromatic carbocycles. The molecular weight excluding hydrogens is 180 g/mol. The van der Waals surface area contributed by atoms with E-state index in [0.29, 0.717) is 12.8 Å². The first kappa shape index (κ1) is 9.51. The smallest absolute Gasteiger partial charge is 0.303 e. The molecule has 1 N–H and O–H groups in total. The van der Waals surface area contributed by atoms with Gasteiger partial charge in [0.05, 0.1) is 11.5 Å². The Bertz CT molecular complexity index is 267. The highest BCUT2D eigenvalue weighted by molar-refractivity contribution is 7.91. The van der Waals surface area contributed by atoms with Crippen LogP contribution in [0.4, 0.5) is 0 Å². The number of aliphatic carboxylic acids is 1. The lowest BCUT2D eigenvalue weighted by Gasteiger charge is -2.02. The van der Waals surface area contributed by atoms with Gasteiger partial charge in [0.25, 0.3) is 0 Å². The maximum Gasteiger partial charge on any atom is 0.303 e. The molecule has 1 unspecified atom stereocenters. The molecule has 0 amide bonds. The molecule has 1 aliphatic heterocycles. The molecule has 12 heavy (non-hydrogen) atoms. The standard InChI is InChI=1S/C7H12O4S/c8-7(9)2-1-6-3-4-12(10,11)5-6/h6H,1-5H2,(H,8,9). The number of rotatable bonds is 3. The summed E-state index contributed by atoms with van der Waals surface area (Å²) in [5.41, 5.74) is 0. The van der Waals surface area contributed by atoms with E-state index in [4.69, 9.17) is 5.11 Å². The van der Waals surface area contributed by atoms with Crippen molar-refractivity contribution >= 4 is 15.8 Å². The van der Waals surface area contributed by atoms with Crippen LogP contribution in [0.5, 0.6) is 0 Å². The van der Waals surface area contributed by atoms with Crippen LogP contribution in [0.25, 0.3) is 0 Å². The van der Waals surface area contributed by atoms with Crippen molar-refractivity contribution in [3.8, 4) is 0 Å². The molecule has 0 bridgehead atoms. The molecule has 1 saturated heterocycles. The fourth-order valence-electron chi connectivity index (χ4n) is 1.43. The van der Waals surface area contributed by atoms with Gasteiger partial charge >= 0.3 is 5.97 Å². The van der Waals surface area contributed by atoms with Crippen molar-refractivity contribution < 1.29 is 18.3 Å². The topological polar surface area (TPSA) is 71.4 Å². The van der Waals surface area contributed by atoms with Crippen molar-refractivity contribution in [1.29, 1.82) is 0 Å². The molecule has 5 heteroatoms. The summed E-state index contributed by atoms with van der Waals surface area (Å²) < 4.78 is 21.9. The van der Waals surface area contributed by atoms with Gasteiger partial charge in [0, 0.05) is 6.42 Å². The third-order valence-corrected chi connectivity index (χ3v) is 3.93. The van der Waals surface area contributed by atoms with E-state index < -0.39 is 15.8 Å². The Labute approximate surface area is 71.5 Å². The molecule has 1 heterocycles. The molecule has 0 aromatic heterocycles. The molecule has 70 valence electrons. The average Bonchev–Trinajstić information content (AvgIpc) is 2.26. The first-order valence-electron chi connectivity index (χ1n) is 3.92. The van der Waals surface area contributed by atoms with Crippen molar-refractivity contribution in [3.05, 3.63) is 0 Å². The van der Waals surface area contributed by atoms with Crippen molar-refractivity contribution in [2.45, 2.75) is 19.3 Å². The van der Waals surface area contributed by atoms with Crippen molar-refractivity contribution in [3.63, 3.8) is 0 Å². The highest BCUT2D eigenvalue weighted by atomic mass is 32.2. The van der Waals surface area contributed by atoms with Gasteiger partial charge in [-0.2, -0.15) is 0 Å². The number of carboxylic acids is 1. The van der Waals surface area contributed by atoms with Crippen LogP contribution in [0.3, 0.4) is 0 Å². The Hall–Kier alpha value is -0.580. The molecule has 1 aliphatic rings. The molecule has 1 rings (SSSR count). The zero-order valence-electron chi connectivity index (χ0n) is 6.69. The highest BCUT2D eigenvalue weighted by Crippen LogP contribution is 2.22. The molecule has 1 atom stereocenters. The SMILES string of the molecule is O=C(O)CCC1CCS(=O)(=O)C1. The predicted molar refractivity (Wildman–Crippen MR) is 43.6 cm³/mol. The van der Waals surface area contributed by atoms with Crippen molar-refractivity contribution in [2.75, 3.05) is 11.5 Å². The monoisotopic (exact) mass is 192 g/mol. The van der Waals surface area contributed by atoms with Gasteiger partial charge in [-0.1, -0.05) is 0 Å². The lowest BCUT2D eigenvalue weighted by Crippen LogP contribution is -2.06. The Morgan fingerprint density at radius 1 is 1.50 bits per heavy atom. The first-order chi connectivity index (χ1) is 5.49. The number of sulfone groups is 1.